The molecule has 1 aliphatic heterocycles. The van der Waals surface area contributed by atoms with E-state index >= 15 is 0 Å². The van der Waals surface area contributed by atoms with Crippen LogP contribution in [0.3, 0.4) is 0 Å². The number of benzene rings is 3. The molecule has 0 radical (unpaired) electrons. The molecule has 0 spiro atoms. The van der Waals surface area contributed by atoms with Gasteiger partial charge >= 0.3 is 5.69 Å². The van der Waals surface area contributed by atoms with Gasteiger partial charge in [-0.15, -0.1) is 0 Å². The molecule has 2 N–H and O–H groups in total. The number of nitrogens with zero attached hydrogens (tertiary/aromatic N) is 1. The second kappa shape index (κ2) is 7.49. The summed E-state index contributed by atoms with van der Waals surface area (Å²) >= 11 is 0. The van der Waals surface area contributed by atoms with Gasteiger partial charge in [0, 0.05) is 12.1 Å². The van der Waals surface area contributed by atoms with Gasteiger partial charge in [0.05, 0.1) is 16.6 Å². The molecule has 8 nitrogen and oxygen atoms in total. The first-order chi connectivity index (χ1) is 15.1. The third-order valence-electron chi connectivity index (χ3n) is 5.06. The molecule has 0 aliphatic carbocycles. The minimum Gasteiger partial charge on any atom is -0.454 e. The van der Waals surface area contributed by atoms with Crippen molar-refractivity contribution >= 4 is 16.8 Å². The summed E-state index contributed by atoms with van der Waals surface area (Å²) in [5.41, 5.74) is 0.955. The van der Waals surface area contributed by atoms with Crippen LogP contribution in [0.5, 0.6) is 11.5 Å². The Morgan fingerprint density at radius 3 is 2.61 bits per heavy atom. The van der Waals surface area contributed by atoms with Crippen LogP contribution in [0, 0.1) is 0 Å². The molecule has 1 amide bonds. The van der Waals surface area contributed by atoms with E-state index in [1.807, 2.05) is 12.1 Å². The fourth-order valence-electron chi connectivity index (χ4n) is 3.51. The van der Waals surface area contributed by atoms with Crippen LogP contribution in [0.15, 0.2) is 76.3 Å². The summed E-state index contributed by atoms with van der Waals surface area (Å²) < 4.78 is 11.7. The van der Waals surface area contributed by atoms with Crippen molar-refractivity contribution in [3.63, 3.8) is 0 Å². The molecule has 0 bridgehead atoms. The number of aromatic nitrogens is 2. The molecule has 154 valence electrons. The van der Waals surface area contributed by atoms with E-state index in [4.69, 9.17) is 9.47 Å². The minimum atomic E-state index is -0.568. The SMILES string of the molecule is O=C(NCc1ccc2c(c1)OCO2)c1ccc2c(=O)n(-c3ccccc3)c(=O)[nH]c2c1. The zero-order chi connectivity index (χ0) is 21.4. The Morgan fingerprint density at radius 2 is 1.77 bits per heavy atom. The molecule has 0 atom stereocenters. The second-order valence-electron chi connectivity index (χ2n) is 7.04. The molecule has 3 aromatic carbocycles. The fraction of sp³-hybridized carbons (Fsp3) is 0.0870. The van der Waals surface area contributed by atoms with Crippen molar-refractivity contribution in [2.24, 2.45) is 0 Å². The number of aromatic amines is 1. The van der Waals surface area contributed by atoms with Gasteiger partial charge in [0.15, 0.2) is 11.5 Å². The predicted molar refractivity (Wildman–Crippen MR) is 114 cm³/mol. The van der Waals surface area contributed by atoms with E-state index in [0.717, 1.165) is 10.1 Å². The second-order valence-corrected chi connectivity index (χ2v) is 7.04. The van der Waals surface area contributed by atoms with Gasteiger partial charge in [-0.1, -0.05) is 24.3 Å². The Morgan fingerprint density at radius 1 is 0.968 bits per heavy atom. The van der Waals surface area contributed by atoms with Gasteiger partial charge in [0.2, 0.25) is 6.79 Å². The first-order valence-electron chi connectivity index (χ1n) is 9.61. The van der Waals surface area contributed by atoms with Gasteiger partial charge in [-0.2, -0.15) is 0 Å². The highest BCUT2D eigenvalue weighted by atomic mass is 16.7. The summed E-state index contributed by atoms with van der Waals surface area (Å²) in [4.78, 5) is 40.7. The van der Waals surface area contributed by atoms with Crippen LogP contribution in [0.1, 0.15) is 15.9 Å². The lowest BCUT2D eigenvalue weighted by Gasteiger charge is -2.09. The number of carbonyl (C=O) groups is 1. The van der Waals surface area contributed by atoms with Crippen molar-refractivity contribution in [1.82, 2.24) is 14.9 Å². The summed E-state index contributed by atoms with van der Waals surface area (Å²) in [5.74, 6) is 0.993. The third kappa shape index (κ3) is 3.44. The van der Waals surface area contributed by atoms with E-state index in [2.05, 4.69) is 10.3 Å². The van der Waals surface area contributed by atoms with Crippen LogP contribution in [-0.4, -0.2) is 22.3 Å². The highest BCUT2D eigenvalue weighted by molar-refractivity contribution is 5.97. The summed E-state index contributed by atoms with van der Waals surface area (Å²) in [7, 11) is 0. The number of H-pyrrole nitrogens is 1. The van der Waals surface area contributed by atoms with E-state index in [1.165, 1.54) is 6.07 Å². The Hall–Kier alpha value is -4.33. The average molecular weight is 415 g/mol. The zero-order valence-electron chi connectivity index (χ0n) is 16.3. The van der Waals surface area contributed by atoms with Crippen LogP contribution in [0.4, 0.5) is 0 Å². The normalized spacial score (nSPS) is 12.1. The lowest BCUT2D eigenvalue weighted by molar-refractivity contribution is 0.0951. The van der Waals surface area contributed by atoms with E-state index in [1.54, 1.807) is 48.5 Å². The molecular weight excluding hydrogens is 398 g/mol. The van der Waals surface area contributed by atoms with Crippen molar-refractivity contribution in [3.05, 3.63) is 98.7 Å². The first-order valence-corrected chi connectivity index (χ1v) is 9.61. The van der Waals surface area contributed by atoms with E-state index in [9.17, 15) is 14.4 Å². The molecule has 1 aromatic heterocycles. The maximum atomic E-state index is 12.9. The number of fused-ring (bicyclic) bond motifs is 2. The third-order valence-corrected chi connectivity index (χ3v) is 5.06. The van der Waals surface area contributed by atoms with Gasteiger partial charge in [0.25, 0.3) is 11.5 Å². The van der Waals surface area contributed by atoms with Gasteiger partial charge in [0.1, 0.15) is 0 Å². The molecule has 31 heavy (non-hydrogen) atoms. The maximum Gasteiger partial charge on any atom is 0.333 e. The minimum absolute atomic E-state index is 0.187. The van der Waals surface area contributed by atoms with Gasteiger partial charge in [-0.05, 0) is 48.0 Å². The molecule has 0 fully saturated rings. The fourth-order valence-corrected chi connectivity index (χ4v) is 3.51. The number of rotatable bonds is 4. The van der Waals surface area contributed by atoms with Crippen molar-refractivity contribution in [2.45, 2.75) is 6.54 Å². The number of hydrogen-bond donors (Lipinski definition) is 2. The van der Waals surface area contributed by atoms with Crippen LogP contribution in [0.25, 0.3) is 16.6 Å². The van der Waals surface area contributed by atoms with Crippen molar-refractivity contribution < 1.29 is 14.3 Å². The molecule has 0 unspecified atom stereocenters. The van der Waals surface area contributed by atoms with E-state index < -0.39 is 11.2 Å². The molecule has 8 heteroatoms. The van der Waals surface area contributed by atoms with E-state index in [0.29, 0.717) is 40.2 Å². The van der Waals surface area contributed by atoms with Crippen molar-refractivity contribution in [1.29, 1.82) is 0 Å². The molecule has 5 rings (SSSR count). The van der Waals surface area contributed by atoms with Gasteiger partial charge < -0.3 is 19.8 Å². The molecule has 0 saturated carbocycles. The maximum absolute atomic E-state index is 12.9. The highest BCUT2D eigenvalue weighted by Crippen LogP contribution is 2.32. The topological polar surface area (TPSA) is 102 Å². The summed E-state index contributed by atoms with van der Waals surface area (Å²) in [6.07, 6.45) is 0. The molecule has 2 heterocycles. The summed E-state index contributed by atoms with van der Waals surface area (Å²) in [6, 6.07) is 18.7. The standard InChI is InChI=1S/C23H17N3O5/c27-21(24-12-14-6-9-19-20(10-14)31-13-30-19)15-7-8-17-18(11-15)25-23(29)26(22(17)28)16-4-2-1-3-5-16/h1-11H,12-13H2,(H,24,27)(H,25,29). The molecule has 1 aliphatic rings. The van der Waals surface area contributed by atoms with Crippen molar-refractivity contribution in [2.75, 3.05) is 6.79 Å². The molecular formula is C23H17N3O5. The van der Waals surface area contributed by atoms with Crippen LogP contribution < -0.4 is 26.0 Å². The quantitative estimate of drug-likeness (QED) is 0.533. The van der Waals surface area contributed by atoms with Crippen LogP contribution in [0.2, 0.25) is 0 Å². The molecule has 0 saturated heterocycles. The zero-order valence-corrected chi connectivity index (χ0v) is 16.3. The number of hydrogen-bond acceptors (Lipinski definition) is 5. The summed E-state index contributed by atoms with van der Waals surface area (Å²) in [5, 5.41) is 3.14. The number of nitrogens with one attached hydrogen (secondary N) is 2. The monoisotopic (exact) mass is 415 g/mol. The highest BCUT2D eigenvalue weighted by Gasteiger charge is 2.15. The van der Waals surface area contributed by atoms with Crippen LogP contribution in [-0.2, 0) is 6.54 Å². The first kappa shape index (κ1) is 18.7. The van der Waals surface area contributed by atoms with E-state index in [-0.39, 0.29) is 12.7 Å². The Balaban J connectivity index is 1.41. The number of para-hydroxylation sites is 1. The lowest BCUT2D eigenvalue weighted by Crippen LogP contribution is -2.33. The van der Waals surface area contributed by atoms with Crippen molar-refractivity contribution in [3.8, 4) is 17.2 Å². The number of amides is 1. The Labute approximate surface area is 175 Å². The largest absolute Gasteiger partial charge is 0.454 e. The summed E-state index contributed by atoms with van der Waals surface area (Å²) in [6.45, 7) is 0.478. The number of ether oxygens (including phenoxy) is 2. The predicted octanol–water partition coefficient (Wildman–Crippen LogP) is 2.34. The van der Waals surface area contributed by atoms with Gasteiger partial charge in [-0.25, -0.2) is 9.36 Å². The average Bonchev–Trinajstić information content (AvgIpc) is 3.26. The number of carbonyl (C=O) groups excluding carboxylic acids is 1. The van der Waals surface area contributed by atoms with Crippen LogP contribution >= 0.6 is 0 Å². The smallest absolute Gasteiger partial charge is 0.333 e. The van der Waals surface area contributed by atoms with Gasteiger partial charge in [-0.3, -0.25) is 9.59 Å². The Kier molecular flexibility index (Phi) is 4.51. The Bertz CT molecular complexity index is 1420. The molecule has 4 aromatic rings. The lowest BCUT2D eigenvalue weighted by atomic mass is 10.1.